The number of amides is 2. The number of ether oxygens (including phenoxy) is 1. The van der Waals surface area contributed by atoms with Gasteiger partial charge in [-0.05, 0) is 44.2 Å². The summed E-state index contributed by atoms with van der Waals surface area (Å²) in [6, 6.07) is 1.35. The van der Waals surface area contributed by atoms with Gasteiger partial charge in [-0.15, -0.1) is 11.3 Å². The Kier molecular flexibility index (Phi) is 6.77. The molecular formula is C20H26N2O7S. The summed E-state index contributed by atoms with van der Waals surface area (Å²) in [5.41, 5.74) is 0.592. The molecule has 3 aliphatic rings. The number of hydrogen-bond donors (Lipinski definition) is 2. The molecule has 2 N–H and O–H groups in total. The van der Waals surface area contributed by atoms with Crippen LogP contribution in [0.3, 0.4) is 0 Å². The van der Waals surface area contributed by atoms with Gasteiger partial charge in [-0.25, -0.2) is 4.79 Å². The molecule has 2 saturated heterocycles. The minimum Gasteiger partial charge on any atom is -0.483 e. The average Bonchev–Trinajstić information content (AvgIpc) is 3.35. The van der Waals surface area contributed by atoms with E-state index >= 15 is 0 Å². The summed E-state index contributed by atoms with van der Waals surface area (Å²) in [6.07, 6.45) is 3.40. The molecule has 1 unspecified atom stereocenters. The second-order valence-electron chi connectivity index (χ2n) is 7.66. The second-order valence-corrected chi connectivity index (χ2v) is 8.71. The number of piperidine rings is 1. The Balaban J connectivity index is 0.000000806. The summed E-state index contributed by atoms with van der Waals surface area (Å²) in [4.78, 5) is 49.4. The van der Waals surface area contributed by atoms with Crippen LogP contribution in [0, 0.1) is 0 Å². The van der Waals surface area contributed by atoms with Crippen molar-refractivity contribution in [2.75, 3.05) is 26.2 Å². The van der Waals surface area contributed by atoms with Gasteiger partial charge in [0.1, 0.15) is 16.5 Å². The van der Waals surface area contributed by atoms with Crippen LogP contribution in [0.25, 0.3) is 0 Å². The molecule has 0 bridgehead atoms. The standard InChI is InChI=1S/C19H24N2O5S.CH2O2/c1-12(21-7-2-3-15(21)22)17(23)20-8-5-19(6-9-20)16-13(4-10-26-19)11-14(27-16)18(24)25;2-1-3/h11-12H,2-10H2,1H3,(H,24,25);1H,(H,2,3). The normalized spacial score (nSPS) is 20.9. The maximum atomic E-state index is 12.9. The highest BCUT2D eigenvalue weighted by Gasteiger charge is 2.44. The van der Waals surface area contributed by atoms with Crippen molar-refractivity contribution in [1.82, 2.24) is 9.80 Å². The third-order valence-corrected chi connectivity index (χ3v) is 7.35. The van der Waals surface area contributed by atoms with E-state index in [4.69, 9.17) is 14.6 Å². The number of carboxylic acid groups (broad SMARTS) is 2. The zero-order valence-corrected chi connectivity index (χ0v) is 17.7. The summed E-state index contributed by atoms with van der Waals surface area (Å²) < 4.78 is 6.15. The minimum atomic E-state index is -0.902. The fourth-order valence-electron chi connectivity index (χ4n) is 4.46. The van der Waals surface area contributed by atoms with Crippen LogP contribution in [0.15, 0.2) is 6.07 Å². The molecule has 0 aliphatic carbocycles. The highest BCUT2D eigenvalue weighted by molar-refractivity contribution is 7.14. The summed E-state index contributed by atoms with van der Waals surface area (Å²) >= 11 is 1.30. The molecule has 1 aromatic heterocycles. The molecule has 0 radical (unpaired) electrons. The number of rotatable bonds is 3. The lowest BCUT2D eigenvalue weighted by Gasteiger charge is -2.44. The van der Waals surface area contributed by atoms with Gasteiger partial charge in [-0.1, -0.05) is 0 Å². The number of carbonyl (C=O) groups excluding carboxylic acids is 2. The Hall–Kier alpha value is -2.46. The fraction of sp³-hybridized carbons (Fsp3) is 0.600. The van der Waals surface area contributed by atoms with Crippen molar-refractivity contribution < 1.29 is 34.1 Å². The number of carbonyl (C=O) groups is 4. The first-order chi connectivity index (χ1) is 14.3. The molecule has 0 aromatic carbocycles. The van der Waals surface area contributed by atoms with Gasteiger partial charge >= 0.3 is 5.97 Å². The van der Waals surface area contributed by atoms with Crippen LogP contribution in [0.1, 0.15) is 52.7 Å². The third kappa shape index (κ3) is 4.20. The molecule has 10 heteroatoms. The number of thiophene rings is 1. The molecule has 1 spiro atoms. The number of nitrogens with zero attached hydrogens (tertiary/aromatic N) is 2. The van der Waals surface area contributed by atoms with Crippen molar-refractivity contribution in [2.45, 2.75) is 50.7 Å². The lowest BCUT2D eigenvalue weighted by molar-refractivity contribution is -0.149. The van der Waals surface area contributed by atoms with Gasteiger partial charge in [-0.2, -0.15) is 0 Å². The first-order valence-electron chi connectivity index (χ1n) is 9.99. The predicted octanol–water partition coefficient (Wildman–Crippen LogP) is 1.55. The molecule has 2 amide bonds. The van der Waals surface area contributed by atoms with E-state index in [9.17, 15) is 19.5 Å². The van der Waals surface area contributed by atoms with E-state index in [0.29, 0.717) is 50.4 Å². The molecule has 3 aliphatic heterocycles. The summed E-state index contributed by atoms with van der Waals surface area (Å²) in [6.45, 7) is 3.91. The molecule has 30 heavy (non-hydrogen) atoms. The van der Waals surface area contributed by atoms with Gasteiger partial charge in [0, 0.05) is 30.9 Å². The van der Waals surface area contributed by atoms with Crippen LogP contribution in [-0.2, 0) is 31.1 Å². The largest absolute Gasteiger partial charge is 0.483 e. The van der Waals surface area contributed by atoms with Crippen LogP contribution in [0.2, 0.25) is 0 Å². The molecule has 164 valence electrons. The lowest BCUT2D eigenvalue weighted by Crippen LogP contribution is -2.53. The first-order valence-corrected chi connectivity index (χ1v) is 10.8. The van der Waals surface area contributed by atoms with Crippen molar-refractivity contribution in [1.29, 1.82) is 0 Å². The van der Waals surface area contributed by atoms with Crippen molar-refractivity contribution in [3.8, 4) is 0 Å². The monoisotopic (exact) mass is 438 g/mol. The van der Waals surface area contributed by atoms with Crippen LogP contribution in [-0.4, -0.2) is 76.6 Å². The number of hydrogen-bond acceptors (Lipinski definition) is 6. The van der Waals surface area contributed by atoms with Gasteiger partial charge in [0.25, 0.3) is 6.47 Å². The van der Waals surface area contributed by atoms with E-state index in [1.54, 1.807) is 11.0 Å². The maximum Gasteiger partial charge on any atom is 0.345 e. The van der Waals surface area contributed by atoms with Crippen molar-refractivity contribution >= 4 is 35.6 Å². The summed E-state index contributed by atoms with van der Waals surface area (Å²) in [5.74, 6) is -0.848. The van der Waals surface area contributed by atoms with Gasteiger partial charge in [-0.3, -0.25) is 14.4 Å². The van der Waals surface area contributed by atoms with Crippen LogP contribution < -0.4 is 0 Å². The van der Waals surface area contributed by atoms with E-state index in [2.05, 4.69) is 0 Å². The highest BCUT2D eigenvalue weighted by Crippen LogP contribution is 2.45. The Morgan fingerprint density at radius 3 is 2.50 bits per heavy atom. The zero-order valence-electron chi connectivity index (χ0n) is 16.8. The number of likely N-dealkylation sites (tertiary alicyclic amines) is 2. The van der Waals surface area contributed by atoms with Crippen molar-refractivity contribution in [2.24, 2.45) is 0 Å². The SMILES string of the molecule is CC(C(=O)N1CCC2(CC1)OCCc1cc(C(=O)O)sc12)N1CCCC1=O.O=CO. The smallest absolute Gasteiger partial charge is 0.345 e. The molecule has 0 saturated carbocycles. The van der Waals surface area contributed by atoms with Crippen molar-refractivity contribution in [3.63, 3.8) is 0 Å². The van der Waals surface area contributed by atoms with E-state index in [1.165, 1.54) is 11.3 Å². The van der Waals surface area contributed by atoms with Gasteiger partial charge in [0.05, 0.1) is 6.61 Å². The molecular weight excluding hydrogens is 412 g/mol. The lowest BCUT2D eigenvalue weighted by atomic mass is 9.85. The third-order valence-electron chi connectivity index (χ3n) is 6.00. The number of carboxylic acids is 1. The Labute approximate surface area is 178 Å². The van der Waals surface area contributed by atoms with E-state index < -0.39 is 17.6 Å². The molecule has 4 heterocycles. The van der Waals surface area contributed by atoms with E-state index in [0.717, 1.165) is 23.3 Å². The maximum absolute atomic E-state index is 12.9. The quantitative estimate of drug-likeness (QED) is 0.686. The topological polar surface area (TPSA) is 124 Å². The van der Waals surface area contributed by atoms with Crippen LogP contribution >= 0.6 is 11.3 Å². The van der Waals surface area contributed by atoms with Gasteiger partial charge in [0.15, 0.2) is 0 Å². The Bertz CT molecular complexity index is 829. The molecule has 9 nitrogen and oxygen atoms in total. The molecule has 1 aromatic rings. The molecule has 2 fully saturated rings. The fourth-order valence-corrected chi connectivity index (χ4v) is 5.71. The minimum absolute atomic E-state index is 0.00598. The second kappa shape index (κ2) is 9.13. The average molecular weight is 439 g/mol. The molecule has 4 rings (SSSR count). The van der Waals surface area contributed by atoms with Crippen LogP contribution in [0.5, 0.6) is 0 Å². The highest BCUT2D eigenvalue weighted by atomic mass is 32.1. The van der Waals surface area contributed by atoms with E-state index in [-0.39, 0.29) is 18.3 Å². The number of aromatic carboxylic acids is 1. The summed E-state index contributed by atoms with van der Waals surface area (Å²) in [5, 5.41) is 16.2. The van der Waals surface area contributed by atoms with E-state index in [1.807, 2.05) is 11.8 Å². The van der Waals surface area contributed by atoms with Crippen molar-refractivity contribution in [3.05, 3.63) is 21.4 Å². The Morgan fingerprint density at radius 2 is 1.93 bits per heavy atom. The first kappa shape index (κ1) is 22.2. The van der Waals surface area contributed by atoms with Crippen LogP contribution in [0.4, 0.5) is 0 Å². The van der Waals surface area contributed by atoms with Gasteiger partial charge < -0.3 is 24.7 Å². The Morgan fingerprint density at radius 1 is 1.27 bits per heavy atom. The molecule has 1 atom stereocenters. The summed E-state index contributed by atoms with van der Waals surface area (Å²) in [7, 11) is 0. The van der Waals surface area contributed by atoms with Gasteiger partial charge in [0.2, 0.25) is 11.8 Å². The predicted molar refractivity (Wildman–Crippen MR) is 108 cm³/mol. The zero-order chi connectivity index (χ0) is 21.9. The number of fused-ring (bicyclic) bond motifs is 2.